The number of rotatable bonds is 5. The molecule has 1 N–H and O–H groups in total. The van der Waals surface area contributed by atoms with E-state index >= 15 is 0 Å². The van der Waals surface area contributed by atoms with Crippen molar-refractivity contribution in [2.24, 2.45) is 0 Å². The first-order valence-electron chi connectivity index (χ1n) is 7.02. The Kier molecular flexibility index (Phi) is 4.42. The maximum absolute atomic E-state index is 12.9. The zero-order valence-corrected chi connectivity index (χ0v) is 12.4. The third-order valence-electron chi connectivity index (χ3n) is 3.16. The van der Waals surface area contributed by atoms with Crippen molar-refractivity contribution in [1.82, 2.24) is 15.0 Å². The minimum atomic E-state index is -1.03. The molecule has 0 saturated carbocycles. The van der Waals surface area contributed by atoms with Crippen LogP contribution in [0.1, 0.15) is 16.2 Å². The summed E-state index contributed by atoms with van der Waals surface area (Å²) in [5.74, 6) is -0.478. The van der Waals surface area contributed by atoms with Gasteiger partial charge in [-0.05, 0) is 42.5 Å². The number of pyridine rings is 1. The number of ether oxygens (including phenoxy) is 1. The second-order valence-electron chi connectivity index (χ2n) is 4.84. The number of carbonyl (C=O) groups is 1. The highest BCUT2D eigenvalue weighted by Gasteiger charge is 2.08. The molecule has 6 nitrogen and oxygen atoms in total. The lowest BCUT2D eigenvalue weighted by molar-refractivity contribution is 0.0697. The van der Waals surface area contributed by atoms with Gasteiger partial charge in [0.1, 0.15) is 18.2 Å². The molecule has 0 aliphatic rings. The SMILES string of the molecule is O=C(O)c1ccnc(-c2ccnc(COc3ccc(F)cc3)n2)c1. The van der Waals surface area contributed by atoms with Crippen molar-refractivity contribution in [3.8, 4) is 17.1 Å². The second-order valence-corrected chi connectivity index (χ2v) is 4.84. The van der Waals surface area contributed by atoms with Gasteiger partial charge in [0.25, 0.3) is 0 Å². The minimum absolute atomic E-state index is 0.0953. The molecule has 120 valence electrons. The number of hydrogen-bond acceptors (Lipinski definition) is 5. The van der Waals surface area contributed by atoms with E-state index in [2.05, 4.69) is 15.0 Å². The number of hydrogen-bond donors (Lipinski definition) is 1. The quantitative estimate of drug-likeness (QED) is 0.776. The van der Waals surface area contributed by atoms with E-state index in [1.54, 1.807) is 12.3 Å². The summed E-state index contributed by atoms with van der Waals surface area (Å²) in [6.07, 6.45) is 2.95. The molecule has 2 heterocycles. The predicted octanol–water partition coefficient (Wildman–Crippen LogP) is 2.95. The molecule has 0 unspecified atom stereocenters. The predicted molar refractivity (Wildman–Crippen MR) is 83.0 cm³/mol. The van der Waals surface area contributed by atoms with Gasteiger partial charge in [0.2, 0.25) is 0 Å². The first kappa shape index (κ1) is 15.5. The fourth-order valence-corrected chi connectivity index (χ4v) is 1.99. The minimum Gasteiger partial charge on any atom is -0.486 e. The van der Waals surface area contributed by atoms with E-state index in [0.717, 1.165) is 0 Å². The number of aromatic nitrogens is 3. The van der Waals surface area contributed by atoms with Gasteiger partial charge in [0.05, 0.1) is 17.0 Å². The number of benzene rings is 1. The molecular weight excluding hydrogens is 313 g/mol. The van der Waals surface area contributed by atoms with Crippen molar-refractivity contribution in [2.75, 3.05) is 0 Å². The van der Waals surface area contributed by atoms with E-state index < -0.39 is 5.97 Å². The van der Waals surface area contributed by atoms with Crippen molar-refractivity contribution in [3.63, 3.8) is 0 Å². The Bertz CT molecular complexity index is 869. The Labute approximate surface area is 136 Å². The van der Waals surface area contributed by atoms with Crippen LogP contribution in [0.3, 0.4) is 0 Å². The molecule has 0 saturated heterocycles. The molecular formula is C17H12FN3O3. The van der Waals surface area contributed by atoms with Crippen LogP contribution in [0, 0.1) is 5.82 Å². The van der Waals surface area contributed by atoms with Crippen LogP contribution in [-0.2, 0) is 6.61 Å². The van der Waals surface area contributed by atoms with Crippen LogP contribution in [0.25, 0.3) is 11.4 Å². The molecule has 0 amide bonds. The van der Waals surface area contributed by atoms with E-state index in [0.29, 0.717) is 23.0 Å². The molecule has 24 heavy (non-hydrogen) atoms. The zero-order chi connectivity index (χ0) is 16.9. The molecule has 0 bridgehead atoms. The zero-order valence-electron chi connectivity index (χ0n) is 12.4. The van der Waals surface area contributed by atoms with Crippen LogP contribution in [0.15, 0.2) is 54.9 Å². The van der Waals surface area contributed by atoms with Crippen LogP contribution in [0.2, 0.25) is 0 Å². The maximum Gasteiger partial charge on any atom is 0.335 e. The van der Waals surface area contributed by atoms with Crippen LogP contribution in [0.4, 0.5) is 4.39 Å². The van der Waals surface area contributed by atoms with E-state index in [1.807, 2.05) is 0 Å². The van der Waals surface area contributed by atoms with E-state index in [4.69, 9.17) is 9.84 Å². The first-order valence-corrected chi connectivity index (χ1v) is 7.02. The fourth-order valence-electron chi connectivity index (χ4n) is 1.99. The molecule has 0 aliphatic heterocycles. The topological polar surface area (TPSA) is 85.2 Å². The summed E-state index contributed by atoms with van der Waals surface area (Å²) >= 11 is 0. The normalized spacial score (nSPS) is 10.4. The summed E-state index contributed by atoms with van der Waals surface area (Å²) in [6.45, 7) is 0.0953. The van der Waals surface area contributed by atoms with Gasteiger partial charge in [-0.25, -0.2) is 19.2 Å². The van der Waals surface area contributed by atoms with Crippen LogP contribution < -0.4 is 4.74 Å². The van der Waals surface area contributed by atoms with Crippen molar-refractivity contribution in [2.45, 2.75) is 6.61 Å². The lowest BCUT2D eigenvalue weighted by atomic mass is 10.2. The molecule has 2 aromatic heterocycles. The number of halogens is 1. The van der Waals surface area contributed by atoms with Gasteiger partial charge in [-0.1, -0.05) is 0 Å². The van der Waals surface area contributed by atoms with Crippen molar-refractivity contribution in [3.05, 3.63) is 72.1 Å². The van der Waals surface area contributed by atoms with Gasteiger partial charge >= 0.3 is 5.97 Å². The molecule has 1 aromatic carbocycles. The summed E-state index contributed by atoms with van der Waals surface area (Å²) in [6, 6.07) is 10.1. The van der Waals surface area contributed by atoms with Crippen molar-refractivity contribution >= 4 is 5.97 Å². The third kappa shape index (κ3) is 3.70. The molecule has 0 fully saturated rings. The van der Waals surface area contributed by atoms with Crippen LogP contribution >= 0.6 is 0 Å². The van der Waals surface area contributed by atoms with Gasteiger partial charge < -0.3 is 9.84 Å². The summed E-state index contributed by atoms with van der Waals surface area (Å²) in [5.41, 5.74) is 1.05. The van der Waals surface area contributed by atoms with Crippen molar-refractivity contribution < 1.29 is 19.0 Å². The van der Waals surface area contributed by atoms with Gasteiger partial charge in [-0.3, -0.25) is 4.98 Å². The van der Waals surface area contributed by atoms with Crippen molar-refractivity contribution in [1.29, 1.82) is 0 Å². The first-order chi connectivity index (χ1) is 11.6. The number of carboxylic acids is 1. The molecule has 0 atom stereocenters. The Morgan fingerprint density at radius 3 is 2.54 bits per heavy atom. The molecule has 0 radical (unpaired) electrons. The summed E-state index contributed by atoms with van der Waals surface area (Å²) in [4.78, 5) is 23.6. The molecule has 7 heteroatoms. The van der Waals surface area contributed by atoms with Gasteiger partial charge in [-0.2, -0.15) is 0 Å². The number of carboxylic acid groups (broad SMARTS) is 1. The van der Waals surface area contributed by atoms with E-state index in [-0.39, 0.29) is 18.0 Å². The Balaban J connectivity index is 1.77. The van der Waals surface area contributed by atoms with Crippen LogP contribution in [-0.4, -0.2) is 26.0 Å². The lowest BCUT2D eigenvalue weighted by Crippen LogP contribution is -2.03. The summed E-state index contributed by atoms with van der Waals surface area (Å²) in [5, 5.41) is 9.03. The highest BCUT2D eigenvalue weighted by Crippen LogP contribution is 2.16. The largest absolute Gasteiger partial charge is 0.486 e. The second kappa shape index (κ2) is 6.82. The summed E-state index contributed by atoms with van der Waals surface area (Å²) < 4.78 is 18.3. The Morgan fingerprint density at radius 2 is 1.79 bits per heavy atom. The number of aromatic carboxylic acids is 1. The highest BCUT2D eigenvalue weighted by atomic mass is 19.1. The molecule has 0 spiro atoms. The number of nitrogens with zero attached hydrogens (tertiary/aromatic N) is 3. The van der Waals surface area contributed by atoms with Gasteiger partial charge in [-0.15, -0.1) is 0 Å². The molecule has 0 aliphatic carbocycles. The van der Waals surface area contributed by atoms with Gasteiger partial charge in [0, 0.05) is 12.4 Å². The maximum atomic E-state index is 12.9. The van der Waals surface area contributed by atoms with E-state index in [9.17, 15) is 9.18 Å². The monoisotopic (exact) mass is 325 g/mol. The molecule has 3 aromatic rings. The third-order valence-corrected chi connectivity index (χ3v) is 3.16. The fraction of sp³-hybridized carbons (Fsp3) is 0.0588. The smallest absolute Gasteiger partial charge is 0.335 e. The Morgan fingerprint density at radius 1 is 1.04 bits per heavy atom. The van der Waals surface area contributed by atoms with E-state index in [1.165, 1.54) is 42.6 Å². The average molecular weight is 325 g/mol. The summed E-state index contributed by atoms with van der Waals surface area (Å²) in [7, 11) is 0. The highest BCUT2D eigenvalue weighted by molar-refractivity contribution is 5.88. The standard InChI is InChI=1S/C17H12FN3O3/c18-12-1-3-13(4-2-12)24-10-16-20-8-6-14(21-16)15-9-11(17(22)23)5-7-19-15/h1-9H,10H2,(H,22,23). The lowest BCUT2D eigenvalue weighted by Gasteiger charge is -2.06. The van der Waals surface area contributed by atoms with Gasteiger partial charge in [0.15, 0.2) is 5.82 Å². The Hall–Kier alpha value is -3.35. The van der Waals surface area contributed by atoms with Crippen LogP contribution in [0.5, 0.6) is 5.75 Å². The molecule has 3 rings (SSSR count). The average Bonchev–Trinajstić information content (AvgIpc) is 2.61.